The smallest absolute Gasteiger partial charge is 0.219 e. The fourth-order valence-corrected chi connectivity index (χ4v) is 1.36. The van der Waals surface area contributed by atoms with Crippen LogP contribution in [0.15, 0.2) is 12.8 Å². The molecular formula is C9H12N2O. The van der Waals surface area contributed by atoms with E-state index in [0.717, 1.165) is 36.6 Å². The van der Waals surface area contributed by atoms with Gasteiger partial charge in [0.25, 0.3) is 0 Å². The van der Waals surface area contributed by atoms with Crippen molar-refractivity contribution in [1.29, 1.82) is 0 Å². The Hall–Kier alpha value is -1.25. The second-order valence-corrected chi connectivity index (χ2v) is 3.07. The van der Waals surface area contributed by atoms with Crippen LogP contribution in [0.4, 0.5) is 0 Å². The molecule has 3 nitrogen and oxygen atoms in total. The third-order valence-electron chi connectivity index (χ3n) is 2.00. The average molecular weight is 164 g/mol. The Kier molecular flexibility index (Phi) is 1.64. The first-order chi connectivity index (χ1) is 5.79. The van der Waals surface area contributed by atoms with Crippen LogP contribution in [0.2, 0.25) is 0 Å². The predicted octanol–water partition coefficient (Wildman–Crippen LogP) is 1.70. The van der Waals surface area contributed by atoms with Gasteiger partial charge in [0.2, 0.25) is 5.88 Å². The van der Waals surface area contributed by atoms with E-state index in [1.54, 1.807) is 0 Å². The van der Waals surface area contributed by atoms with E-state index >= 15 is 0 Å². The van der Waals surface area contributed by atoms with Gasteiger partial charge in [-0.25, -0.2) is 4.68 Å². The monoisotopic (exact) mass is 164 g/mol. The molecule has 0 N–H and O–H groups in total. The fraction of sp³-hybridized carbons (Fsp3) is 0.444. The normalized spacial score (nSPS) is 15.1. The van der Waals surface area contributed by atoms with Crippen LogP contribution in [0.25, 0.3) is 5.57 Å². The van der Waals surface area contributed by atoms with Gasteiger partial charge in [-0.1, -0.05) is 6.58 Å². The molecular weight excluding hydrogens is 152 g/mol. The molecule has 2 heterocycles. The molecule has 64 valence electrons. The largest absolute Gasteiger partial charge is 0.477 e. The molecule has 3 heteroatoms. The van der Waals surface area contributed by atoms with Crippen molar-refractivity contribution in [3.05, 3.63) is 18.3 Å². The lowest BCUT2D eigenvalue weighted by atomic mass is 10.2. The average Bonchev–Trinajstić information content (AvgIpc) is 2.47. The summed E-state index contributed by atoms with van der Waals surface area (Å²) in [6.07, 6.45) is 2.87. The van der Waals surface area contributed by atoms with E-state index in [2.05, 4.69) is 11.7 Å². The molecule has 1 aromatic rings. The summed E-state index contributed by atoms with van der Waals surface area (Å²) in [5.74, 6) is 0.883. The Morgan fingerprint density at radius 2 is 2.58 bits per heavy atom. The van der Waals surface area contributed by atoms with Gasteiger partial charge < -0.3 is 4.74 Å². The summed E-state index contributed by atoms with van der Waals surface area (Å²) in [7, 11) is 0. The van der Waals surface area contributed by atoms with E-state index < -0.39 is 0 Å². The molecule has 0 atom stereocenters. The number of fused-ring (bicyclic) bond motifs is 1. The van der Waals surface area contributed by atoms with Gasteiger partial charge in [-0.05, 0) is 12.5 Å². The maximum absolute atomic E-state index is 5.50. The topological polar surface area (TPSA) is 27.1 Å². The van der Waals surface area contributed by atoms with Crippen LogP contribution in [0.5, 0.6) is 5.88 Å². The number of ether oxygens (including phenoxy) is 1. The number of rotatable bonds is 1. The van der Waals surface area contributed by atoms with Crippen molar-refractivity contribution < 1.29 is 4.74 Å². The molecule has 0 saturated carbocycles. The molecule has 0 fully saturated rings. The van der Waals surface area contributed by atoms with Crippen molar-refractivity contribution in [1.82, 2.24) is 9.78 Å². The van der Waals surface area contributed by atoms with Gasteiger partial charge >= 0.3 is 0 Å². The fourth-order valence-electron chi connectivity index (χ4n) is 1.36. The second-order valence-electron chi connectivity index (χ2n) is 3.07. The molecule has 0 radical (unpaired) electrons. The molecule has 0 spiro atoms. The highest BCUT2D eigenvalue weighted by molar-refractivity contribution is 5.65. The van der Waals surface area contributed by atoms with E-state index in [9.17, 15) is 0 Å². The summed E-state index contributed by atoms with van der Waals surface area (Å²) in [5.41, 5.74) is 2.05. The zero-order valence-electron chi connectivity index (χ0n) is 7.21. The second kappa shape index (κ2) is 2.66. The zero-order chi connectivity index (χ0) is 8.55. The Morgan fingerprint density at radius 1 is 1.75 bits per heavy atom. The maximum atomic E-state index is 5.50. The molecule has 0 bridgehead atoms. The van der Waals surface area contributed by atoms with Crippen LogP contribution in [-0.2, 0) is 6.54 Å². The van der Waals surface area contributed by atoms with E-state index in [4.69, 9.17) is 4.74 Å². The van der Waals surface area contributed by atoms with Gasteiger partial charge in [0.15, 0.2) is 0 Å². The molecule has 1 aliphatic rings. The van der Waals surface area contributed by atoms with E-state index in [0.29, 0.717) is 0 Å². The molecule has 1 aromatic heterocycles. The first-order valence-electron chi connectivity index (χ1n) is 4.13. The summed E-state index contributed by atoms with van der Waals surface area (Å²) in [5, 5.41) is 4.21. The molecule has 0 saturated heterocycles. The molecule has 0 unspecified atom stereocenters. The summed E-state index contributed by atoms with van der Waals surface area (Å²) < 4.78 is 7.39. The van der Waals surface area contributed by atoms with Gasteiger partial charge in [-0.3, -0.25) is 0 Å². The minimum absolute atomic E-state index is 0.798. The first kappa shape index (κ1) is 7.40. The Morgan fingerprint density at radius 3 is 3.33 bits per heavy atom. The Labute approximate surface area is 71.6 Å². The quantitative estimate of drug-likeness (QED) is 0.631. The third-order valence-corrected chi connectivity index (χ3v) is 2.00. The van der Waals surface area contributed by atoms with Crippen molar-refractivity contribution in [2.45, 2.75) is 19.9 Å². The van der Waals surface area contributed by atoms with E-state index in [1.165, 1.54) is 0 Å². The summed E-state index contributed by atoms with van der Waals surface area (Å²) in [4.78, 5) is 0. The van der Waals surface area contributed by atoms with Crippen LogP contribution < -0.4 is 4.74 Å². The van der Waals surface area contributed by atoms with Crippen molar-refractivity contribution in [2.75, 3.05) is 6.61 Å². The Balaban J connectivity index is 2.44. The number of allylic oxidation sites excluding steroid dienone is 1. The predicted molar refractivity (Wildman–Crippen MR) is 47.0 cm³/mol. The van der Waals surface area contributed by atoms with Crippen LogP contribution in [0.3, 0.4) is 0 Å². The number of aromatic nitrogens is 2. The lowest BCUT2D eigenvalue weighted by molar-refractivity contribution is 0.230. The van der Waals surface area contributed by atoms with Crippen LogP contribution in [0, 0.1) is 0 Å². The van der Waals surface area contributed by atoms with Gasteiger partial charge in [0, 0.05) is 13.0 Å². The lowest BCUT2D eigenvalue weighted by Crippen LogP contribution is -2.15. The highest BCUT2D eigenvalue weighted by Crippen LogP contribution is 2.26. The summed E-state index contributed by atoms with van der Waals surface area (Å²) >= 11 is 0. The van der Waals surface area contributed by atoms with Crippen molar-refractivity contribution in [3.8, 4) is 5.88 Å². The highest BCUT2D eigenvalue weighted by Gasteiger charge is 2.15. The van der Waals surface area contributed by atoms with E-state index in [-0.39, 0.29) is 0 Å². The number of nitrogens with zero attached hydrogens (tertiary/aromatic N) is 2. The molecule has 0 aromatic carbocycles. The SMILES string of the molecule is C=C(C)c1cnn2c1OCCC2. The molecule has 0 aliphatic carbocycles. The molecule has 1 aliphatic heterocycles. The summed E-state index contributed by atoms with van der Waals surface area (Å²) in [6, 6.07) is 0. The molecule has 0 amide bonds. The van der Waals surface area contributed by atoms with Crippen LogP contribution in [-0.4, -0.2) is 16.4 Å². The van der Waals surface area contributed by atoms with Gasteiger partial charge in [-0.15, -0.1) is 0 Å². The first-order valence-corrected chi connectivity index (χ1v) is 4.13. The zero-order valence-corrected chi connectivity index (χ0v) is 7.21. The lowest BCUT2D eigenvalue weighted by Gasteiger charge is -2.15. The number of hydrogen-bond acceptors (Lipinski definition) is 2. The highest BCUT2D eigenvalue weighted by atomic mass is 16.5. The maximum Gasteiger partial charge on any atom is 0.219 e. The molecule has 12 heavy (non-hydrogen) atoms. The minimum Gasteiger partial charge on any atom is -0.477 e. The number of hydrogen-bond donors (Lipinski definition) is 0. The standard InChI is InChI=1S/C9H12N2O/c1-7(2)8-6-10-11-4-3-5-12-9(8)11/h6H,1,3-5H2,2H3. The van der Waals surface area contributed by atoms with Crippen molar-refractivity contribution in [3.63, 3.8) is 0 Å². The van der Waals surface area contributed by atoms with Gasteiger partial charge in [-0.2, -0.15) is 5.10 Å². The van der Waals surface area contributed by atoms with Crippen LogP contribution >= 0.6 is 0 Å². The third kappa shape index (κ3) is 1.02. The summed E-state index contributed by atoms with van der Waals surface area (Å²) in [6.45, 7) is 7.60. The van der Waals surface area contributed by atoms with Crippen molar-refractivity contribution >= 4 is 5.57 Å². The van der Waals surface area contributed by atoms with Gasteiger partial charge in [0.05, 0.1) is 18.4 Å². The Bertz CT molecular complexity index is 314. The van der Waals surface area contributed by atoms with Crippen molar-refractivity contribution in [2.24, 2.45) is 0 Å². The molecule has 2 rings (SSSR count). The van der Waals surface area contributed by atoms with Gasteiger partial charge in [0.1, 0.15) is 0 Å². The number of aryl methyl sites for hydroxylation is 1. The van der Waals surface area contributed by atoms with Crippen LogP contribution in [0.1, 0.15) is 18.9 Å². The van der Waals surface area contributed by atoms with E-state index in [1.807, 2.05) is 17.8 Å². The minimum atomic E-state index is 0.798.